The fourth-order valence-corrected chi connectivity index (χ4v) is 3.10. The predicted octanol–water partition coefficient (Wildman–Crippen LogP) is 3.76. The molecule has 4 heteroatoms. The normalized spacial score (nSPS) is 11.6. The first-order valence-electron chi connectivity index (χ1n) is 8.70. The van der Waals surface area contributed by atoms with Gasteiger partial charge in [-0.25, -0.2) is 4.98 Å². The molecule has 0 radical (unpaired) electrons. The zero-order chi connectivity index (χ0) is 18.0. The molecule has 130 valence electrons. The molecule has 1 aromatic carbocycles. The van der Waals surface area contributed by atoms with E-state index < -0.39 is 0 Å². The second-order valence-corrected chi connectivity index (χ2v) is 7.02. The number of rotatable bonds is 5. The average molecular weight is 335 g/mol. The fourth-order valence-electron chi connectivity index (χ4n) is 3.10. The van der Waals surface area contributed by atoms with Gasteiger partial charge in [0.2, 0.25) is 0 Å². The van der Waals surface area contributed by atoms with Crippen molar-refractivity contribution in [3.63, 3.8) is 0 Å². The molecule has 0 bridgehead atoms. The summed E-state index contributed by atoms with van der Waals surface area (Å²) in [6.07, 6.45) is 0. The Kier molecular flexibility index (Phi) is 5.00. The number of pyridine rings is 1. The Morgan fingerprint density at radius 3 is 2.48 bits per heavy atom. The van der Waals surface area contributed by atoms with Gasteiger partial charge in [0.1, 0.15) is 5.65 Å². The van der Waals surface area contributed by atoms with Crippen molar-refractivity contribution in [3.05, 3.63) is 81.4 Å². The number of benzene rings is 1. The maximum Gasteiger partial charge on any atom is 0.258 e. The number of nitrogens with zero attached hydrogens (tertiary/aromatic N) is 3. The van der Waals surface area contributed by atoms with Crippen molar-refractivity contribution in [3.8, 4) is 0 Å². The smallest absolute Gasteiger partial charge is 0.258 e. The Bertz CT molecular complexity index is 926. The van der Waals surface area contributed by atoms with Gasteiger partial charge < -0.3 is 0 Å². The van der Waals surface area contributed by atoms with Crippen molar-refractivity contribution in [2.45, 2.75) is 39.8 Å². The van der Waals surface area contributed by atoms with Crippen LogP contribution in [0.2, 0.25) is 0 Å². The molecule has 0 aliphatic rings. The Morgan fingerprint density at radius 2 is 1.80 bits per heavy atom. The third kappa shape index (κ3) is 3.97. The van der Waals surface area contributed by atoms with Gasteiger partial charge >= 0.3 is 0 Å². The van der Waals surface area contributed by atoms with Crippen LogP contribution >= 0.6 is 0 Å². The summed E-state index contributed by atoms with van der Waals surface area (Å²) in [6.45, 7) is 7.79. The number of hydrogen-bond acceptors (Lipinski definition) is 3. The molecule has 0 aliphatic heterocycles. The van der Waals surface area contributed by atoms with E-state index in [1.165, 1.54) is 11.1 Å². The van der Waals surface area contributed by atoms with Crippen molar-refractivity contribution < 1.29 is 0 Å². The van der Waals surface area contributed by atoms with E-state index in [1.54, 1.807) is 10.5 Å². The highest BCUT2D eigenvalue weighted by Gasteiger charge is 2.08. The fraction of sp³-hybridized carbons (Fsp3) is 0.333. The highest BCUT2D eigenvalue weighted by atomic mass is 16.1. The van der Waals surface area contributed by atoms with E-state index in [2.05, 4.69) is 55.0 Å². The molecule has 0 N–H and O–H groups in total. The zero-order valence-electron chi connectivity index (χ0n) is 15.4. The number of hydrogen-bond donors (Lipinski definition) is 0. The summed E-state index contributed by atoms with van der Waals surface area (Å²) in [4.78, 5) is 19.2. The van der Waals surface area contributed by atoms with Crippen LogP contribution in [-0.4, -0.2) is 21.3 Å². The van der Waals surface area contributed by atoms with E-state index >= 15 is 0 Å². The van der Waals surface area contributed by atoms with Gasteiger partial charge in [-0.15, -0.1) is 0 Å². The first kappa shape index (κ1) is 17.4. The summed E-state index contributed by atoms with van der Waals surface area (Å²) in [5.74, 6) is 0.546. The van der Waals surface area contributed by atoms with Gasteiger partial charge in [0.15, 0.2) is 0 Å². The quantitative estimate of drug-likeness (QED) is 0.712. The van der Waals surface area contributed by atoms with Crippen molar-refractivity contribution in [2.75, 3.05) is 7.05 Å². The van der Waals surface area contributed by atoms with Crippen molar-refractivity contribution >= 4 is 5.65 Å². The SMILES string of the molecule is Cc1cccc2nc(CN(C)Cc3ccc(C(C)C)cc3)cc(=O)n12. The second-order valence-electron chi connectivity index (χ2n) is 7.02. The molecule has 0 unspecified atom stereocenters. The standard InChI is InChI=1S/C21H25N3O/c1-15(2)18-10-8-17(9-11-18)13-23(4)14-19-12-21(25)24-16(3)6-5-7-20(24)22-19/h5-12,15H,13-14H2,1-4H3. The van der Waals surface area contributed by atoms with E-state index in [1.807, 2.05) is 25.1 Å². The first-order valence-corrected chi connectivity index (χ1v) is 8.70. The molecular weight excluding hydrogens is 310 g/mol. The lowest BCUT2D eigenvalue weighted by Crippen LogP contribution is -2.22. The van der Waals surface area contributed by atoms with Gasteiger partial charge in [0.05, 0.1) is 5.69 Å². The van der Waals surface area contributed by atoms with Crippen LogP contribution in [0.3, 0.4) is 0 Å². The maximum atomic E-state index is 12.4. The molecule has 4 nitrogen and oxygen atoms in total. The molecule has 2 aromatic heterocycles. The molecule has 0 saturated carbocycles. The zero-order valence-corrected chi connectivity index (χ0v) is 15.4. The van der Waals surface area contributed by atoms with E-state index in [0.29, 0.717) is 18.1 Å². The Morgan fingerprint density at radius 1 is 1.08 bits per heavy atom. The van der Waals surface area contributed by atoms with Crippen LogP contribution < -0.4 is 5.56 Å². The van der Waals surface area contributed by atoms with Crippen LogP contribution in [0, 0.1) is 6.92 Å². The molecule has 0 aliphatic carbocycles. The largest absolute Gasteiger partial charge is 0.296 e. The number of aromatic nitrogens is 2. The van der Waals surface area contributed by atoms with E-state index in [0.717, 1.165) is 17.9 Å². The minimum Gasteiger partial charge on any atom is -0.296 e. The topological polar surface area (TPSA) is 37.6 Å². The minimum absolute atomic E-state index is 0.0206. The van der Waals surface area contributed by atoms with Crippen molar-refractivity contribution in [2.24, 2.45) is 0 Å². The highest BCUT2D eigenvalue weighted by molar-refractivity contribution is 5.40. The van der Waals surface area contributed by atoms with Crippen LogP contribution in [0.5, 0.6) is 0 Å². The van der Waals surface area contributed by atoms with Crippen molar-refractivity contribution in [1.29, 1.82) is 0 Å². The van der Waals surface area contributed by atoms with Crippen LogP contribution in [0.25, 0.3) is 5.65 Å². The lowest BCUT2D eigenvalue weighted by molar-refractivity contribution is 0.315. The average Bonchev–Trinajstić information content (AvgIpc) is 2.55. The lowest BCUT2D eigenvalue weighted by Gasteiger charge is -2.17. The van der Waals surface area contributed by atoms with E-state index in [9.17, 15) is 4.79 Å². The minimum atomic E-state index is -0.0206. The molecule has 0 atom stereocenters. The van der Waals surface area contributed by atoms with E-state index in [-0.39, 0.29) is 5.56 Å². The van der Waals surface area contributed by atoms with Crippen LogP contribution in [0.15, 0.2) is 53.3 Å². The molecular formula is C21H25N3O. The summed E-state index contributed by atoms with van der Waals surface area (Å²) in [5.41, 5.74) is 5.01. The summed E-state index contributed by atoms with van der Waals surface area (Å²) in [6, 6.07) is 16.1. The molecule has 2 heterocycles. The Balaban J connectivity index is 1.75. The molecule has 25 heavy (non-hydrogen) atoms. The maximum absolute atomic E-state index is 12.4. The van der Waals surface area contributed by atoms with Gasteiger partial charge in [-0.2, -0.15) is 0 Å². The summed E-state index contributed by atoms with van der Waals surface area (Å²) in [7, 11) is 2.05. The van der Waals surface area contributed by atoms with Gasteiger partial charge in [0.25, 0.3) is 5.56 Å². The van der Waals surface area contributed by atoms with Gasteiger partial charge in [0, 0.05) is 24.8 Å². The molecule has 3 aromatic rings. The first-order chi connectivity index (χ1) is 11.9. The van der Waals surface area contributed by atoms with Gasteiger partial charge in [-0.3, -0.25) is 14.1 Å². The highest BCUT2D eigenvalue weighted by Crippen LogP contribution is 2.16. The second kappa shape index (κ2) is 7.19. The Labute approximate surface area is 148 Å². The van der Waals surface area contributed by atoms with E-state index in [4.69, 9.17) is 0 Å². The third-order valence-corrected chi connectivity index (χ3v) is 4.46. The van der Waals surface area contributed by atoms with Gasteiger partial charge in [-0.05, 0) is 43.1 Å². The molecule has 0 amide bonds. The third-order valence-electron chi connectivity index (χ3n) is 4.46. The number of aryl methyl sites for hydroxylation is 1. The number of fused-ring (bicyclic) bond motifs is 1. The lowest BCUT2D eigenvalue weighted by atomic mass is 10.0. The molecule has 0 spiro atoms. The predicted molar refractivity (Wildman–Crippen MR) is 102 cm³/mol. The summed E-state index contributed by atoms with van der Waals surface area (Å²) >= 11 is 0. The van der Waals surface area contributed by atoms with Crippen molar-refractivity contribution in [1.82, 2.24) is 14.3 Å². The Hall–Kier alpha value is -2.46. The molecule has 0 fully saturated rings. The summed E-state index contributed by atoms with van der Waals surface area (Å²) < 4.78 is 1.65. The molecule has 3 rings (SSSR count). The monoisotopic (exact) mass is 335 g/mol. The van der Waals surface area contributed by atoms with Crippen LogP contribution in [0.4, 0.5) is 0 Å². The summed E-state index contributed by atoms with van der Waals surface area (Å²) in [5, 5.41) is 0. The van der Waals surface area contributed by atoms with Crippen LogP contribution in [0.1, 0.15) is 42.3 Å². The van der Waals surface area contributed by atoms with Gasteiger partial charge in [-0.1, -0.05) is 44.2 Å². The molecule has 0 saturated heterocycles. The van der Waals surface area contributed by atoms with Crippen LogP contribution in [-0.2, 0) is 13.1 Å².